The van der Waals surface area contributed by atoms with E-state index in [1.165, 1.54) is 0 Å². The summed E-state index contributed by atoms with van der Waals surface area (Å²) < 4.78 is 75.6. The molecule has 1 nitrogen and oxygen atoms in total. The molecule has 0 unspecified atom stereocenters. The molecule has 1 rings (SSSR count). The lowest BCUT2D eigenvalue weighted by atomic mass is 9.87. The summed E-state index contributed by atoms with van der Waals surface area (Å²) in [5.74, 6) is -2.48. The molecule has 16 heavy (non-hydrogen) atoms. The third-order valence-corrected chi connectivity index (χ3v) is 2.51. The molecule has 7 heteroatoms. The van der Waals surface area contributed by atoms with Crippen molar-refractivity contribution in [3.8, 4) is 0 Å². The molecule has 0 saturated heterocycles. The molecule has 0 heterocycles. The summed E-state index contributed by atoms with van der Waals surface area (Å²) in [5, 5.41) is 0. The van der Waals surface area contributed by atoms with E-state index in [-0.39, 0.29) is 25.7 Å². The number of alkyl halides is 3. The Hall–Kier alpha value is -0.720. The summed E-state index contributed by atoms with van der Waals surface area (Å²) in [5.41, 5.74) is 0. The summed E-state index contributed by atoms with van der Waals surface area (Å²) in [7, 11) is 0. The van der Waals surface area contributed by atoms with Crippen LogP contribution in [0.3, 0.4) is 0 Å². The van der Waals surface area contributed by atoms with E-state index < -0.39 is 30.3 Å². The highest BCUT2D eigenvalue weighted by molar-refractivity contribution is 4.99. The van der Waals surface area contributed by atoms with E-state index in [0.717, 1.165) is 0 Å². The van der Waals surface area contributed by atoms with E-state index in [0.29, 0.717) is 0 Å². The lowest BCUT2D eigenvalue weighted by Crippen LogP contribution is -2.28. The lowest BCUT2D eigenvalue weighted by molar-refractivity contribution is -0.345. The fourth-order valence-electron chi connectivity index (χ4n) is 1.78. The maximum atomic E-state index is 12.7. The van der Waals surface area contributed by atoms with Crippen LogP contribution in [0.25, 0.3) is 0 Å². The number of halogens is 6. The van der Waals surface area contributed by atoms with Crippen LogP contribution in [-0.4, -0.2) is 12.5 Å². The van der Waals surface area contributed by atoms with Gasteiger partial charge in [0.25, 0.3) is 0 Å². The molecule has 0 aromatic carbocycles. The average molecular weight is 248 g/mol. The van der Waals surface area contributed by atoms with Gasteiger partial charge in [0.15, 0.2) is 5.83 Å². The fourth-order valence-corrected chi connectivity index (χ4v) is 1.78. The Balaban J connectivity index is 2.43. The Morgan fingerprint density at radius 2 is 1.44 bits per heavy atom. The first kappa shape index (κ1) is 13.3. The van der Waals surface area contributed by atoms with Crippen LogP contribution in [0.5, 0.6) is 0 Å². The normalized spacial score (nSPS) is 26.6. The van der Waals surface area contributed by atoms with Crippen LogP contribution < -0.4 is 0 Å². The molecule has 1 saturated carbocycles. The van der Waals surface area contributed by atoms with Crippen molar-refractivity contribution in [3.63, 3.8) is 0 Å². The average Bonchev–Trinajstić information content (AvgIpc) is 2.15. The summed E-state index contributed by atoms with van der Waals surface area (Å²) >= 11 is 0. The highest BCUT2D eigenvalue weighted by Crippen LogP contribution is 2.36. The summed E-state index contributed by atoms with van der Waals surface area (Å²) in [4.78, 5) is 0. The van der Waals surface area contributed by atoms with Gasteiger partial charge in [0.1, 0.15) is 0 Å². The molecule has 0 amide bonds. The van der Waals surface area contributed by atoms with Gasteiger partial charge in [0.2, 0.25) is 0 Å². The van der Waals surface area contributed by atoms with E-state index >= 15 is 0 Å². The Morgan fingerprint density at radius 3 is 1.81 bits per heavy atom. The first-order chi connectivity index (χ1) is 7.29. The van der Waals surface area contributed by atoms with Crippen LogP contribution in [-0.2, 0) is 4.74 Å². The van der Waals surface area contributed by atoms with E-state index in [2.05, 4.69) is 4.74 Å². The number of hydrogen-bond donors (Lipinski definition) is 0. The van der Waals surface area contributed by atoms with Crippen molar-refractivity contribution < 1.29 is 31.1 Å². The van der Waals surface area contributed by atoms with Gasteiger partial charge in [-0.1, -0.05) is 0 Å². The molecule has 0 radical (unpaired) electrons. The van der Waals surface area contributed by atoms with Crippen molar-refractivity contribution in [1.82, 2.24) is 0 Å². The summed E-state index contributed by atoms with van der Waals surface area (Å²) in [6.45, 7) is 0. The quantitative estimate of drug-likeness (QED) is 0.667. The van der Waals surface area contributed by atoms with Gasteiger partial charge in [-0.25, -0.2) is 4.39 Å². The second-order valence-corrected chi connectivity index (χ2v) is 3.65. The van der Waals surface area contributed by atoms with Gasteiger partial charge in [0.05, 0.1) is 6.10 Å². The SMILES string of the molecule is FC(F)=C(F)C1CCC(OC(F)(F)F)CC1. The van der Waals surface area contributed by atoms with Crippen LogP contribution in [0, 0.1) is 5.92 Å². The number of allylic oxidation sites excluding steroid dienone is 1. The minimum atomic E-state index is -4.72. The molecule has 0 atom stereocenters. The first-order valence-corrected chi connectivity index (χ1v) is 4.75. The van der Waals surface area contributed by atoms with Crippen molar-refractivity contribution >= 4 is 0 Å². The van der Waals surface area contributed by atoms with E-state index in [1.54, 1.807) is 0 Å². The first-order valence-electron chi connectivity index (χ1n) is 4.75. The molecule has 1 aliphatic carbocycles. The van der Waals surface area contributed by atoms with Crippen molar-refractivity contribution in [2.75, 3.05) is 0 Å². The minimum Gasteiger partial charge on any atom is -0.289 e. The molecule has 94 valence electrons. The van der Waals surface area contributed by atoms with Gasteiger partial charge >= 0.3 is 12.4 Å². The van der Waals surface area contributed by atoms with Crippen molar-refractivity contribution in [2.45, 2.75) is 38.1 Å². The van der Waals surface area contributed by atoms with Crippen LogP contribution in [0.15, 0.2) is 11.9 Å². The molecular weight excluding hydrogens is 238 g/mol. The smallest absolute Gasteiger partial charge is 0.289 e. The molecule has 1 fully saturated rings. The highest BCUT2D eigenvalue weighted by Gasteiger charge is 2.36. The van der Waals surface area contributed by atoms with E-state index in [9.17, 15) is 26.3 Å². The van der Waals surface area contributed by atoms with Gasteiger partial charge < -0.3 is 0 Å². The van der Waals surface area contributed by atoms with Gasteiger partial charge in [-0.05, 0) is 25.7 Å². The van der Waals surface area contributed by atoms with Crippen LogP contribution in [0.2, 0.25) is 0 Å². The number of hydrogen-bond acceptors (Lipinski definition) is 1. The Bertz CT molecular complexity index is 260. The zero-order valence-electron chi connectivity index (χ0n) is 8.16. The van der Waals surface area contributed by atoms with Crippen LogP contribution in [0.1, 0.15) is 25.7 Å². The second-order valence-electron chi connectivity index (χ2n) is 3.65. The van der Waals surface area contributed by atoms with Crippen molar-refractivity contribution in [3.05, 3.63) is 11.9 Å². The monoisotopic (exact) mass is 248 g/mol. The van der Waals surface area contributed by atoms with Gasteiger partial charge in [0, 0.05) is 5.92 Å². The zero-order chi connectivity index (χ0) is 12.3. The maximum Gasteiger partial charge on any atom is 0.522 e. The molecule has 1 aliphatic rings. The Morgan fingerprint density at radius 1 is 0.938 bits per heavy atom. The molecule has 0 spiro atoms. The minimum absolute atomic E-state index is 0.0517. The Labute approximate surface area is 88.1 Å². The van der Waals surface area contributed by atoms with Crippen LogP contribution >= 0.6 is 0 Å². The highest BCUT2D eigenvalue weighted by atomic mass is 19.4. The number of ether oxygens (including phenoxy) is 1. The summed E-state index contributed by atoms with van der Waals surface area (Å²) in [6, 6.07) is 0. The van der Waals surface area contributed by atoms with Crippen molar-refractivity contribution in [1.29, 1.82) is 0 Å². The predicted octanol–water partition coefficient (Wildman–Crippen LogP) is 4.16. The maximum absolute atomic E-state index is 12.7. The topological polar surface area (TPSA) is 9.23 Å². The third-order valence-electron chi connectivity index (χ3n) is 2.51. The standard InChI is InChI=1S/C9H10F6O/c10-7(8(11)12)5-1-3-6(4-2-5)16-9(13,14)15/h5-6H,1-4H2. The van der Waals surface area contributed by atoms with Gasteiger partial charge in [-0.3, -0.25) is 4.74 Å². The Kier molecular flexibility index (Phi) is 4.23. The van der Waals surface area contributed by atoms with Gasteiger partial charge in [-0.15, -0.1) is 13.2 Å². The third kappa shape index (κ3) is 4.03. The summed E-state index contributed by atoms with van der Waals surface area (Å²) in [6.07, 6.45) is -8.40. The molecule has 0 aromatic heterocycles. The van der Waals surface area contributed by atoms with E-state index in [4.69, 9.17) is 0 Å². The van der Waals surface area contributed by atoms with Gasteiger partial charge in [-0.2, -0.15) is 8.78 Å². The molecular formula is C9H10F6O. The molecule has 0 aromatic rings. The number of rotatable bonds is 2. The predicted molar refractivity (Wildman–Crippen MR) is 43.2 cm³/mol. The van der Waals surface area contributed by atoms with Crippen molar-refractivity contribution in [2.24, 2.45) is 5.92 Å². The fraction of sp³-hybridized carbons (Fsp3) is 0.778. The second kappa shape index (κ2) is 5.07. The molecule has 0 N–H and O–H groups in total. The largest absolute Gasteiger partial charge is 0.522 e. The lowest BCUT2D eigenvalue weighted by Gasteiger charge is -2.27. The van der Waals surface area contributed by atoms with Crippen LogP contribution in [0.4, 0.5) is 26.3 Å². The molecule has 0 bridgehead atoms. The zero-order valence-corrected chi connectivity index (χ0v) is 8.16. The molecule has 0 aliphatic heterocycles. The van der Waals surface area contributed by atoms with E-state index in [1.807, 2.05) is 0 Å².